The highest BCUT2D eigenvalue weighted by Crippen LogP contribution is 2.09. The van der Waals surface area contributed by atoms with E-state index in [1.807, 2.05) is 24.3 Å². The molecule has 2 rings (SSSR count). The maximum absolute atomic E-state index is 9.84. The van der Waals surface area contributed by atoms with E-state index in [0.29, 0.717) is 6.42 Å². The highest BCUT2D eigenvalue weighted by Gasteiger charge is 2.06. The second kappa shape index (κ2) is 5.47. The van der Waals surface area contributed by atoms with E-state index in [9.17, 15) is 5.11 Å². The third-order valence-electron chi connectivity index (χ3n) is 2.52. The summed E-state index contributed by atoms with van der Waals surface area (Å²) in [5, 5.41) is 9.84. The van der Waals surface area contributed by atoms with Crippen LogP contribution in [-0.2, 0) is 12.8 Å². The molecule has 0 amide bonds. The molecule has 0 aliphatic rings. The van der Waals surface area contributed by atoms with Crippen molar-refractivity contribution in [2.45, 2.75) is 25.4 Å². The van der Waals surface area contributed by atoms with Crippen LogP contribution in [0.4, 0.5) is 0 Å². The largest absolute Gasteiger partial charge is 0.469 e. The molecular weight excluding hydrogens is 202 g/mol. The zero-order valence-electron chi connectivity index (χ0n) is 9.04. The molecule has 0 spiro atoms. The Morgan fingerprint density at radius 2 is 2.06 bits per heavy atom. The van der Waals surface area contributed by atoms with E-state index in [1.165, 1.54) is 0 Å². The molecule has 0 radical (unpaired) electrons. The van der Waals surface area contributed by atoms with Crippen LogP contribution in [-0.4, -0.2) is 16.2 Å². The van der Waals surface area contributed by atoms with Crippen molar-refractivity contribution in [3.05, 3.63) is 54.2 Å². The van der Waals surface area contributed by atoms with Gasteiger partial charge in [0.2, 0.25) is 0 Å². The summed E-state index contributed by atoms with van der Waals surface area (Å²) in [5.74, 6) is 0.925. The maximum atomic E-state index is 9.84. The normalized spacial score (nSPS) is 12.6. The predicted molar refractivity (Wildman–Crippen MR) is 61.0 cm³/mol. The Kier molecular flexibility index (Phi) is 3.72. The van der Waals surface area contributed by atoms with E-state index in [-0.39, 0.29) is 6.10 Å². The number of nitrogens with zero attached hydrogens (tertiary/aromatic N) is 1. The highest BCUT2D eigenvalue weighted by atomic mass is 16.3. The Labute approximate surface area is 94.8 Å². The average molecular weight is 217 g/mol. The fourth-order valence-corrected chi connectivity index (χ4v) is 1.66. The minimum absolute atomic E-state index is 0.326. The number of aliphatic hydroxyl groups is 1. The van der Waals surface area contributed by atoms with Gasteiger partial charge < -0.3 is 9.52 Å². The Balaban J connectivity index is 1.78. The number of hydrogen-bond donors (Lipinski definition) is 1. The summed E-state index contributed by atoms with van der Waals surface area (Å²) in [6.45, 7) is 0. The molecule has 0 aliphatic carbocycles. The van der Waals surface area contributed by atoms with Crippen LogP contribution in [0.2, 0.25) is 0 Å². The molecule has 0 fully saturated rings. The first-order valence-electron chi connectivity index (χ1n) is 5.44. The number of pyridine rings is 1. The summed E-state index contributed by atoms with van der Waals surface area (Å²) in [4.78, 5) is 3.94. The molecule has 0 saturated heterocycles. The SMILES string of the molecule is OC(CCc1ccco1)Cc1ccncc1. The van der Waals surface area contributed by atoms with E-state index in [2.05, 4.69) is 4.98 Å². The molecule has 3 heteroatoms. The van der Waals surface area contributed by atoms with Crippen molar-refractivity contribution >= 4 is 0 Å². The number of aliphatic hydroxyl groups excluding tert-OH is 1. The Morgan fingerprint density at radius 3 is 2.75 bits per heavy atom. The monoisotopic (exact) mass is 217 g/mol. The van der Waals surface area contributed by atoms with E-state index in [1.54, 1.807) is 18.7 Å². The zero-order chi connectivity index (χ0) is 11.2. The topological polar surface area (TPSA) is 46.3 Å². The molecule has 84 valence electrons. The van der Waals surface area contributed by atoms with E-state index < -0.39 is 0 Å². The Morgan fingerprint density at radius 1 is 1.25 bits per heavy atom. The van der Waals surface area contributed by atoms with Crippen LogP contribution < -0.4 is 0 Å². The van der Waals surface area contributed by atoms with Gasteiger partial charge in [-0.25, -0.2) is 0 Å². The van der Waals surface area contributed by atoms with Gasteiger partial charge in [0.1, 0.15) is 5.76 Å². The predicted octanol–water partition coefficient (Wildman–Crippen LogP) is 2.21. The van der Waals surface area contributed by atoms with Crippen LogP contribution >= 0.6 is 0 Å². The number of aryl methyl sites for hydroxylation is 1. The summed E-state index contributed by atoms with van der Waals surface area (Å²) in [5.41, 5.74) is 1.11. The minimum atomic E-state index is -0.326. The number of rotatable bonds is 5. The van der Waals surface area contributed by atoms with Crippen LogP contribution in [0.15, 0.2) is 47.3 Å². The van der Waals surface area contributed by atoms with Gasteiger partial charge in [-0.3, -0.25) is 4.98 Å². The molecule has 0 aromatic carbocycles. The lowest BCUT2D eigenvalue weighted by Gasteiger charge is -2.09. The van der Waals surface area contributed by atoms with Gasteiger partial charge in [-0.15, -0.1) is 0 Å². The van der Waals surface area contributed by atoms with Crippen molar-refractivity contribution in [1.82, 2.24) is 4.98 Å². The molecule has 0 bridgehead atoms. The van der Waals surface area contributed by atoms with E-state index in [0.717, 1.165) is 24.2 Å². The fraction of sp³-hybridized carbons (Fsp3) is 0.308. The lowest BCUT2D eigenvalue weighted by molar-refractivity contribution is 0.163. The highest BCUT2D eigenvalue weighted by molar-refractivity contribution is 5.10. The average Bonchev–Trinajstić information content (AvgIpc) is 2.81. The molecule has 3 nitrogen and oxygen atoms in total. The second-order valence-electron chi connectivity index (χ2n) is 3.83. The van der Waals surface area contributed by atoms with Crippen LogP contribution in [0.25, 0.3) is 0 Å². The van der Waals surface area contributed by atoms with Gasteiger partial charge in [0, 0.05) is 18.8 Å². The molecule has 1 N–H and O–H groups in total. The molecule has 1 atom stereocenters. The first-order chi connectivity index (χ1) is 7.84. The van der Waals surface area contributed by atoms with E-state index >= 15 is 0 Å². The molecule has 1 unspecified atom stereocenters. The number of furan rings is 1. The molecule has 2 aromatic rings. The first kappa shape index (κ1) is 10.9. The third kappa shape index (κ3) is 3.21. The van der Waals surface area contributed by atoms with Crippen molar-refractivity contribution in [3.8, 4) is 0 Å². The summed E-state index contributed by atoms with van der Waals surface area (Å²) < 4.78 is 5.21. The number of hydrogen-bond acceptors (Lipinski definition) is 3. The van der Waals surface area contributed by atoms with Gasteiger partial charge in [-0.05, 0) is 42.7 Å². The molecule has 16 heavy (non-hydrogen) atoms. The summed E-state index contributed by atoms with van der Waals surface area (Å²) in [7, 11) is 0. The van der Waals surface area contributed by atoms with Crippen LogP contribution in [0.5, 0.6) is 0 Å². The smallest absolute Gasteiger partial charge is 0.103 e. The lowest BCUT2D eigenvalue weighted by Crippen LogP contribution is -2.11. The first-order valence-corrected chi connectivity index (χ1v) is 5.44. The number of aromatic nitrogens is 1. The fourth-order valence-electron chi connectivity index (χ4n) is 1.66. The summed E-state index contributed by atoms with van der Waals surface area (Å²) >= 11 is 0. The molecule has 2 aromatic heterocycles. The van der Waals surface area contributed by atoms with Crippen LogP contribution in [0.1, 0.15) is 17.7 Å². The molecular formula is C13H15NO2. The van der Waals surface area contributed by atoms with Crippen molar-refractivity contribution in [2.75, 3.05) is 0 Å². The van der Waals surface area contributed by atoms with Gasteiger partial charge in [-0.2, -0.15) is 0 Å². The summed E-state index contributed by atoms with van der Waals surface area (Å²) in [6.07, 6.45) is 6.99. The van der Waals surface area contributed by atoms with Crippen LogP contribution in [0, 0.1) is 0 Å². The quantitative estimate of drug-likeness (QED) is 0.835. The maximum Gasteiger partial charge on any atom is 0.103 e. The minimum Gasteiger partial charge on any atom is -0.469 e. The summed E-state index contributed by atoms with van der Waals surface area (Å²) in [6, 6.07) is 7.65. The van der Waals surface area contributed by atoms with Gasteiger partial charge in [0.25, 0.3) is 0 Å². The standard InChI is InChI=1S/C13H15NO2/c15-12(3-4-13-2-1-9-16-13)10-11-5-7-14-8-6-11/h1-2,5-9,12,15H,3-4,10H2. The van der Waals surface area contributed by atoms with Crippen molar-refractivity contribution in [1.29, 1.82) is 0 Å². The van der Waals surface area contributed by atoms with Crippen molar-refractivity contribution < 1.29 is 9.52 Å². The second-order valence-corrected chi connectivity index (χ2v) is 3.83. The Hall–Kier alpha value is -1.61. The molecule has 2 heterocycles. The molecule has 0 aliphatic heterocycles. The van der Waals surface area contributed by atoms with Crippen LogP contribution in [0.3, 0.4) is 0 Å². The van der Waals surface area contributed by atoms with E-state index in [4.69, 9.17) is 4.42 Å². The van der Waals surface area contributed by atoms with Gasteiger partial charge in [0.15, 0.2) is 0 Å². The van der Waals surface area contributed by atoms with Crippen molar-refractivity contribution in [3.63, 3.8) is 0 Å². The Bertz CT molecular complexity index is 397. The van der Waals surface area contributed by atoms with Gasteiger partial charge in [0.05, 0.1) is 12.4 Å². The lowest BCUT2D eigenvalue weighted by atomic mass is 10.0. The van der Waals surface area contributed by atoms with Gasteiger partial charge in [-0.1, -0.05) is 0 Å². The third-order valence-corrected chi connectivity index (χ3v) is 2.52. The molecule has 0 saturated carbocycles. The van der Waals surface area contributed by atoms with Gasteiger partial charge >= 0.3 is 0 Å². The van der Waals surface area contributed by atoms with Crippen molar-refractivity contribution in [2.24, 2.45) is 0 Å². The zero-order valence-corrected chi connectivity index (χ0v) is 9.04.